The molecule has 0 aromatic heterocycles. The average molecular weight is 498 g/mol. The van der Waals surface area contributed by atoms with Crippen LogP contribution < -0.4 is 16.0 Å². The van der Waals surface area contributed by atoms with Crippen molar-refractivity contribution in [3.8, 4) is 0 Å². The van der Waals surface area contributed by atoms with Crippen molar-refractivity contribution in [1.29, 1.82) is 0 Å². The Morgan fingerprint density at radius 3 is 2.36 bits per heavy atom. The van der Waals surface area contributed by atoms with E-state index in [-0.39, 0.29) is 5.11 Å². The van der Waals surface area contributed by atoms with Gasteiger partial charge in [-0.15, -0.1) is 0 Å². The van der Waals surface area contributed by atoms with Gasteiger partial charge in [0.1, 0.15) is 6.17 Å². The summed E-state index contributed by atoms with van der Waals surface area (Å²) in [6.45, 7) is 0. The van der Waals surface area contributed by atoms with Crippen LogP contribution in [0.5, 0.6) is 0 Å². The smallest absolute Gasteiger partial charge is 0.245 e. The second-order valence-electron chi connectivity index (χ2n) is 5.45. The lowest BCUT2D eigenvalue weighted by Gasteiger charge is -2.27. The Kier molecular flexibility index (Phi) is 8.68. The molecular weight excluding hydrogens is 484 g/mol. The van der Waals surface area contributed by atoms with E-state index in [9.17, 15) is 4.79 Å². The Morgan fingerprint density at radius 1 is 1.04 bits per heavy atom. The number of amides is 1. The lowest BCUT2D eigenvalue weighted by molar-refractivity contribution is -0.117. The van der Waals surface area contributed by atoms with E-state index in [1.165, 1.54) is 6.08 Å². The first-order chi connectivity index (χ1) is 13.1. The number of rotatable bonds is 5. The Morgan fingerprint density at radius 2 is 1.71 bits per heavy atom. The number of benzene rings is 2. The van der Waals surface area contributed by atoms with Gasteiger partial charge in [-0.3, -0.25) is 4.79 Å². The van der Waals surface area contributed by atoms with Crippen LogP contribution in [0, 0.1) is 0 Å². The third-order valence-electron chi connectivity index (χ3n) is 3.29. The molecule has 2 rings (SSSR count). The first-order valence-corrected chi connectivity index (χ1v) is 10.1. The molecule has 0 unspecified atom stereocenters. The van der Waals surface area contributed by atoms with Gasteiger partial charge in [0.2, 0.25) is 9.70 Å². The fourth-order valence-corrected chi connectivity index (χ4v) is 2.90. The van der Waals surface area contributed by atoms with E-state index >= 15 is 0 Å². The molecule has 0 saturated carbocycles. The van der Waals surface area contributed by atoms with Crippen LogP contribution in [-0.2, 0) is 4.79 Å². The summed E-state index contributed by atoms with van der Waals surface area (Å²) in [5.74, 6) is -0.476. The highest BCUT2D eigenvalue weighted by Gasteiger charge is 2.34. The molecule has 3 N–H and O–H groups in total. The molecule has 0 heterocycles. The maximum absolute atomic E-state index is 12.2. The third kappa shape index (κ3) is 7.66. The largest absolute Gasteiger partial charge is 0.339 e. The third-order valence-corrected chi connectivity index (χ3v) is 4.73. The standard InChI is InChI=1S/C18H14Cl5N3OS/c19-12-7-8-13(20)14(10-12)24-17(28)26-16(18(21,22)23)25-15(27)9-6-11-4-2-1-3-5-11/h1-10,16H,(H,25,27)(H2,24,26,28)/b9-6+/t16-/m1/s1. The fraction of sp³-hybridized carbons (Fsp3) is 0.111. The molecule has 4 nitrogen and oxygen atoms in total. The van der Waals surface area contributed by atoms with Crippen LogP contribution in [0.3, 0.4) is 0 Å². The van der Waals surface area contributed by atoms with Gasteiger partial charge in [0.15, 0.2) is 5.11 Å². The van der Waals surface area contributed by atoms with Crippen molar-refractivity contribution in [1.82, 2.24) is 10.6 Å². The molecule has 28 heavy (non-hydrogen) atoms. The topological polar surface area (TPSA) is 53.2 Å². The van der Waals surface area contributed by atoms with E-state index in [1.807, 2.05) is 30.3 Å². The maximum Gasteiger partial charge on any atom is 0.245 e. The number of nitrogens with one attached hydrogen (secondary N) is 3. The predicted molar refractivity (Wildman–Crippen MR) is 124 cm³/mol. The number of halogens is 5. The second kappa shape index (κ2) is 10.5. The monoisotopic (exact) mass is 495 g/mol. The molecule has 10 heteroatoms. The molecule has 2 aromatic rings. The van der Waals surface area contributed by atoms with Crippen LogP contribution in [0.25, 0.3) is 6.08 Å². The lowest BCUT2D eigenvalue weighted by atomic mass is 10.2. The van der Waals surface area contributed by atoms with E-state index in [4.69, 9.17) is 70.2 Å². The highest BCUT2D eigenvalue weighted by Crippen LogP contribution is 2.30. The number of alkyl halides is 3. The molecule has 0 radical (unpaired) electrons. The van der Waals surface area contributed by atoms with Gasteiger partial charge in [-0.1, -0.05) is 88.3 Å². The number of hydrogen-bond donors (Lipinski definition) is 3. The SMILES string of the molecule is O=C(/C=C/c1ccccc1)N[C@H](NC(=S)Nc1cc(Cl)ccc1Cl)C(Cl)(Cl)Cl. The second-order valence-corrected chi connectivity index (χ2v) is 9.07. The Balaban J connectivity index is 2.03. The quantitative estimate of drug-likeness (QED) is 0.211. The number of thiocarbonyl (C=S) groups is 1. The highest BCUT2D eigenvalue weighted by atomic mass is 35.6. The molecule has 0 saturated heterocycles. The number of anilines is 1. The van der Waals surface area contributed by atoms with Gasteiger partial charge in [-0.25, -0.2) is 0 Å². The summed E-state index contributed by atoms with van der Waals surface area (Å²) in [5.41, 5.74) is 1.31. The molecule has 1 atom stereocenters. The molecule has 0 fully saturated rings. The molecular formula is C18H14Cl5N3OS. The van der Waals surface area contributed by atoms with Crippen molar-refractivity contribution >= 4 is 93.0 Å². The van der Waals surface area contributed by atoms with Gasteiger partial charge < -0.3 is 16.0 Å². The van der Waals surface area contributed by atoms with Crippen molar-refractivity contribution in [3.05, 3.63) is 70.2 Å². The number of carbonyl (C=O) groups is 1. The van der Waals surface area contributed by atoms with Crippen molar-refractivity contribution in [3.63, 3.8) is 0 Å². The minimum absolute atomic E-state index is 0.0767. The zero-order valence-electron chi connectivity index (χ0n) is 14.1. The molecule has 0 aliphatic heterocycles. The van der Waals surface area contributed by atoms with Crippen molar-refractivity contribution in [2.45, 2.75) is 9.96 Å². The number of hydrogen-bond acceptors (Lipinski definition) is 2. The fourth-order valence-electron chi connectivity index (χ4n) is 2.01. The predicted octanol–water partition coefficient (Wildman–Crippen LogP) is 5.81. The summed E-state index contributed by atoms with van der Waals surface area (Å²) in [4.78, 5) is 12.2. The van der Waals surface area contributed by atoms with Gasteiger partial charge in [0.25, 0.3) is 0 Å². The van der Waals surface area contributed by atoms with Gasteiger partial charge in [0, 0.05) is 11.1 Å². The molecule has 0 bridgehead atoms. The van der Waals surface area contributed by atoms with Gasteiger partial charge in [-0.05, 0) is 42.1 Å². The lowest BCUT2D eigenvalue weighted by Crippen LogP contribution is -2.55. The summed E-state index contributed by atoms with van der Waals surface area (Å²) < 4.78 is -1.87. The summed E-state index contributed by atoms with van der Waals surface area (Å²) in [6.07, 6.45) is 1.85. The average Bonchev–Trinajstić information content (AvgIpc) is 2.62. The molecule has 1 amide bonds. The number of carbonyl (C=O) groups excluding carboxylic acids is 1. The highest BCUT2D eigenvalue weighted by molar-refractivity contribution is 7.80. The van der Waals surface area contributed by atoms with E-state index < -0.39 is 15.9 Å². The van der Waals surface area contributed by atoms with Crippen molar-refractivity contribution in [2.24, 2.45) is 0 Å². The van der Waals surface area contributed by atoms with Crippen molar-refractivity contribution in [2.75, 3.05) is 5.32 Å². The minimum atomic E-state index is -1.87. The molecule has 148 valence electrons. The van der Waals surface area contributed by atoms with Gasteiger partial charge >= 0.3 is 0 Å². The van der Waals surface area contributed by atoms with Crippen molar-refractivity contribution < 1.29 is 4.79 Å². The van der Waals surface area contributed by atoms with E-state index in [2.05, 4.69) is 16.0 Å². The first-order valence-electron chi connectivity index (χ1n) is 7.78. The Labute approximate surface area is 193 Å². The Bertz CT molecular complexity index is 871. The maximum atomic E-state index is 12.2. The zero-order valence-corrected chi connectivity index (χ0v) is 18.7. The van der Waals surface area contributed by atoms with E-state index in [0.29, 0.717) is 15.7 Å². The molecule has 2 aromatic carbocycles. The first kappa shape index (κ1) is 23.1. The summed E-state index contributed by atoms with van der Waals surface area (Å²) in [5, 5.41) is 9.07. The van der Waals surface area contributed by atoms with Crippen LogP contribution in [0.4, 0.5) is 5.69 Å². The van der Waals surface area contributed by atoms with Crippen LogP contribution >= 0.6 is 70.2 Å². The van der Waals surface area contributed by atoms with Crippen LogP contribution in [-0.4, -0.2) is 21.0 Å². The van der Waals surface area contributed by atoms with Crippen LogP contribution in [0.1, 0.15) is 5.56 Å². The summed E-state index contributed by atoms with van der Waals surface area (Å²) in [6, 6.07) is 14.1. The van der Waals surface area contributed by atoms with Crippen LogP contribution in [0.2, 0.25) is 10.0 Å². The van der Waals surface area contributed by atoms with E-state index in [0.717, 1.165) is 5.56 Å². The summed E-state index contributed by atoms with van der Waals surface area (Å²) >= 11 is 35.1. The summed E-state index contributed by atoms with van der Waals surface area (Å²) in [7, 11) is 0. The van der Waals surface area contributed by atoms with E-state index in [1.54, 1.807) is 24.3 Å². The van der Waals surface area contributed by atoms with Gasteiger partial charge in [0.05, 0.1) is 10.7 Å². The van der Waals surface area contributed by atoms with Crippen LogP contribution in [0.15, 0.2) is 54.6 Å². The zero-order chi connectivity index (χ0) is 20.7. The molecule has 0 aliphatic rings. The van der Waals surface area contributed by atoms with Gasteiger partial charge in [-0.2, -0.15) is 0 Å². The molecule has 0 aliphatic carbocycles. The Hall–Kier alpha value is -1.21. The minimum Gasteiger partial charge on any atom is -0.339 e. The normalized spacial score (nSPS) is 12.5. The molecule has 0 spiro atoms.